The lowest BCUT2D eigenvalue weighted by Crippen LogP contribution is -2.47. The molecule has 5 rings (SSSR count). The van der Waals surface area contributed by atoms with Crippen LogP contribution in [0.25, 0.3) is 5.69 Å². The number of halogens is 2. The summed E-state index contributed by atoms with van der Waals surface area (Å²) < 4.78 is 31.5. The normalized spacial score (nSPS) is 19.5. The van der Waals surface area contributed by atoms with E-state index in [0.717, 1.165) is 27.5 Å². The molecule has 1 aromatic heterocycles. The van der Waals surface area contributed by atoms with E-state index < -0.39 is 11.1 Å². The Balaban J connectivity index is 1.50. The van der Waals surface area contributed by atoms with E-state index in [-0.39, 0.29) is 28.5 Å². The summed E-state index contributed by atoms with van der Waals surface area (Å²) >= 11 is 6.21. The molecule has 2 fully saturated rings. The van der Waals surface area contributed by atoms with Gasteiger partial charge in [0.1, 0.15) is 5.69 Å². The Labute approximate surface area is 236 Å². The van der Waals surface area contributed by atoms with Gasteiger partial charge in [-0.1, -0.05) is 41.7 Å². The molecule has 1 aliphatic heterocycles. The lowest BCUT2D eigenvalue weighted by molar-refractivity contribution is 0.243. The molecule has 2 aliphatic rings. The van der Waals surface area contributed by atoms with Crippen molar-refractivity contribution in [3.8, 4) is 11.4 Å². The van der Waals surface area contributed by atoms with Gasteiger partial charge in [-0.3, -0.25) is 9.00 Å². The van der Waals surface area contributed by atoms with E-state index in [0.29, 0.717) is 42.6 Å². The van der Waals surface area contributed by atoms with Gasteiger partial charge in [0.15, 0.2) is 0 Å². The number of aromatic nitrogens is 2. The van der Waals surface area contributed by atoms with E-state index in [2.05, 4.69) is 44.8 Å². The highest BCUT2D eigenvalue weighted by Crippen LogP contribution is 2.45. The molecule has 2 aromatic carbocycles. The summed E-state index contributed by atoms with van der Waals surface area (Å²) in [6.45, 7) is 4.46. The van der Waals surface area contributed by atoms with Gasteiger partial charge in [-0.15, -0.1) is 0 Å². The summed E-state index contributed by atoms with van der Waals surface area (Å²) in [4.78, 5) is 15.8. The molecule has 0 amide bonds. The number of nitrogens with zero attached hydrogens (tertiary/aromatic N) is 3. The van der Waals surface area contributed by atoms with E-state index in [1.807, 2.05) is 18.2 Å². The topological polar surface area (TPSA) is 99.5 Å². The molecule has 0 radical (unpaired) electrons. The Kier molecular flexibility index (Phi) is 7.92. The summed E-state index contributed by atoms with van der Waals surface area (Å²) in [7, 11) is 0. The van der Waals surface area contributed by atoms with Crippen molar-refractivity contribution in [2.75, 3.05) is 31.1 Å². The summed E-state index contributed by atoms with van der Waals surface area (Å²) in [5, 5.41) is 8.50. The highest BCUT2D eigenvalue weighted by atomic mass is 127. The fourth-order valence-corrected chi connectivity index (χ4v) is 5.73. The lowest BCUT2D eigenvalue weighted by Gasteiger charge is -2.37. The minimum atomic E-state index is -2.19. The van der Waals surface area contributed by atoms with Crippen LogP contribution in [0, 0.1) is 8.99 Å². The van der Waals surface area contributed by atoms with Crippen LogP contribution in [0.15, 0.2) is 53.5 Å². The first-order valence-electron chi connectivity index (χ1n) is 12.1. The third kappa shape index (κ3) is 6.19. The fourth-order valence-electron chi connectivity index (χ4n) is 4.51. The second-order valence-corrected chi connectivity index (χ2v) is 12.5. The molecule has 1 aliphatic carbocycles. The molecule has 2 heterocycles. The third-order valence-corrected chi connectivity index (χ3v) is 8.36. The molecule has 8 nitrogen and oxygen atoms in total. The van der Waals surface area contributed by atoms with Gasteiger partial charge >= 0.3 is 5.56 Å². The zero-order valence-corrected chi connectivity index (χ0v) is 24.0. The van der Waals surface area contributed by atoms with E-state index in [9.17, 15) is 13.6 Å². The largest absolute Gasteiger partial charge is 0.772 e. The number of piperazine rings is 1. The van der Waals surface area contributed by atoms with Crippen LogP contribution in [-0.2, 0) is 16.8 Å². The first kappa shape index (κ1) is 26.6. The van der Waals surface area contributed by atoms with Gasteiger partial charge in [-0.05, 0) is 76.9 Å². The first-order valence-corrected chi connectivity index (χ1v) is 14.8. The Morgan fingerprint density at radius 3 is 2.84 bits per heavy atom. The fraction of sp³-hybridized carbons (Fsp3) is 0.385. The van der Waals surface area contributed by atoms with E-state index in [1.54, 1.807) is 30.5 Å². The Morgan fingerprint density at radius 1 is 1.30 bits per heavy atom. The molecule has 37 heavy (non-hydrogen) atoms. The quantitative estimate of drug-likeness (QED) is 0.288. The lowest BCUT2D eigenvalue weighted by atomic mass is 9.99. The molecule has 2 atom stereocenters. The Bertz CT molecular complexity index is 1400. The molecule has 1 saturated heterocycles. The van der Waals surface area contributed by atoms with Gasteiger partial charge in [0.25, 0.3) is 0 Å². The molecule has 1 N–H and O–H groups in total. The molecule has 1 saturated carbocycles. The van der Waals surface area contributed by atoms with E-state index in [4.69, 9.17) is 16.3 Å². The number of hydrogen-bond acceptors (Lipinski definition) is 7. The number of ether oxygens (including phenoxy) is 1. The van der Waals surface area contributed by atoms with Crippen LogP contribution < -0.4 is 20.5 Å². The average molecular weight is 654 g/mol. The van der Waals surface area contributed by atoms with Crippen molar-refractivity contribution in [2.24, 2.45) is 5.41 Å². The highest BCUT2D eigenvalue weighted by molar-refractivity contribution is 14.1. The molecule has 11 heteroatoms. The number of anilines is 1. The predicted molar refractivity (Wildman–Crippen MR) is 152 cm³/mol. The number of hydrogen-bond donors (Lipinski definition) is 1. The molecule has 3 aromatic rings. The summed E-state index contributed by atoms with van der Waals surface area (Å²) in [6.07, 6.45) is 3.82. The molecule has 0 bridgehead atoms. The summed E-state index contributed by atoms with van der Waals surface area (Å²) in [5.74, 6) is 0.224. The van der Waals surface area contributed by atoms with Gasteiger partial charge in [0, 0.05) is 39.4 Å². The van der Waals surface area contributed by atoms with E-state index in [1.165, 1.54) is 4.68 Å². The highest BCUT2D eigenvalue weighted by Gasteiger charge is 2.39. The number of rotatable bonds is 8. The Hall–Kier alpha value is -1.99. The maximum absolute atomic E-state index is 13.7. The van der Waals surface area contributed by atoms with Gasteiger partial charge in [0.2, 0.25) is 5.75 Å². The van der Waals surface area contributed by atoms with Gasteiger partial charge in [0.05, 0.1) is 24.5 Å². The smallest absolute Gasteiger partial charge is 0.316 e. The van der Waals surface area contributed by atoms with E-state index >= 15 is 0 Å². The van der Waals surface area contributed by atoms with Crippen molar-refractivity contribution < 1.29 is 13.5 Å². The second-order valence-electron chi connectivity index (χ2n) is 9.90. The van der Waals surface area contributed by atoms with Crippen LogP contribution >= 0.6 is 34.2 Å². The molecule has 0 spiro atoms. The minimum absolute atomic E-state index is 0.0470. The van der Waals surface area contributed by atoms with Gasteiger partial charge in [-0.2, -0.15) is 9.78 Å². The van der Waals surface area contributed by atoms with Gasteiger partial charge < -0.3 is 19.5 Å². The third-order valence-electron chi connectivity index (χ3n) is 6.91. The predicted octanol–water partition coefficient (Wildman–Crippen LogP) is 4.20. The monoisotopic (exact) mass is 653 g/mol. The second kappa shape index (κ2) is 11.0. The van der Waals surface area contributed by atoms with Crippen molar-refractivity contribution in [2.45, 2.75) is 31.6 Å². The van der Waals surface area contributed by atoms with Crippen LogP contribution in [-0.4, -0.2) is 44.8 Å². The van der Waals surface area contributed by atoms with Crippen LogP contribution in [0.2, 0.25) is 5.02 Å². The number of nitrogens with one attached hydrogen (secondary N) is 1. The first-order chi connectivity index (χ1) is 17.7. The summed E-state index contributed by atoms with van der Waals surface area (Å²) in [5.41, 5.74) is 2.66. The van der Waals surface area contributed by atoms with Crippen molar-refractivity contribution >= 4 is 51.0 Å². The number of benzene rings is 2. The molecule has 2 unspecified atom stereocenters. The van der Waals surface area contributed by atoms with Crippen LogP contribution in [0.3, 0.4) is 0 Å². The van der Waals surface area contributed by atoms with Crippen LogP contribution in [0.4, 0.5) is 5.69 Å². The average Bonchev–Trinajstić information content (AvgIpc) is 3.61. The molecular weight excluding hydrogens is 627 g/mol. The van der Waals surface area contributed by atoms with Crippen LogP contribution in [0.1, 0.15) is 36.9 Å². The summed E-state index contributed by atoms with van der Waals surface area (Å²) in [6, 6.07) is 12.7. The molecule has 196 valence electrons. The molecular formula is C26H27ClIN4O4S-. The Morgan fingerprint density at radius 2 is 2.11 bits per heavy atom. The van der Waals surface area contributed by atoms with Crippen molar-refractivity contribution in [1.82, 2.24) is 15.1 Å². The van der Waals surface area contributed by atoms with Crippen molar-refractivity contribution in [3.05, 3.63) is 78.7 Å². The zero-order chi connectivity index (χ0) is 26.2. The zero-order valence-electron chi connectivity index (χ0n) is 20.3. The van der Waals surface area contributed by atoms with Crippen LogP contribution in [0.5, 0.6) is 5.75 Å². The van der Waals surface area contributed by atoms with Crippen molar-refractivity contribution in [1.29, 1.82) is 0 Å². The van der Waals surface area contributed by atoms with Gasteiger partial charge in [-0.25, -0.2) is 0 Å². The SMILES string of the molecule is CC1(COc2c(N3CCNC(c4cc(I)ccc4CS(=O)[O-])C3)cnn(-c3cccc(Cl)c3)c2=O)CC1. The minimum Gasteiger partial charge on any atom is -0.772 e. The standard InChI is InChI=1S/C26H28ClIN4O4S/c1-26(7-8-26)16-36-24-23(13-30-32(25(24)33)20-4-2-3-18(27)11-20)31-10-9-29-22(14-31)21-12-19(28)6-5-17(21)15-37(34)35/h2-6,11-13,22,29H,7-10,14-16H2,1H3,(H,34,35)/p-1. The van der Waals surface area contributed by atoms with Crippen molar-refractivity contribution in [3.63, 3.8) is 0 Å². The maximum atomic E-state index is 13.7. The maximum Gasteiger partial charge on any atom is 0.316 e.